The van der Waals surface area contributed by atoms with Crippen LogP contribution >= 0.6 is 0 Å². The van der Waals surface area contributed by atoms with Crippen molar-refractivity contribution in [2.45, 2.75) is 0 Å². The first-order chi connectivity index (χ1) is 6.29. The van der Waals surface area contributed by atoms with Gasteiger partial charge in [0.15, 0.2) is 0 Å². The van der Waals surface area contributed by atoms with E-state index in [0.29, 0.717) is 5.56 Å². The molecule has 0 aliphatic rings. The van der Waals surface area contributed by atoms with Crippen LogP contribution in [-0.2, 0) is 0 Å². The van der Waals surface area contributed by atoms with Crippen LogP contribution in [0.3, 0.4) is 0 Å². The van der Waals surface area contributed by atoms with E-state index in [1.807, 2.05) is 30.3 Å². The standard InChI is InChI=1S/C11H8O2.2Na.2H/c12-11(13)10-7-3-5-8-4-1-2-6-9(8)10;;;;/h1-7H,(H,12,13);;;;/q;2*+1;2*-1. The van der Waals surface area contributed by atoms with Crippen molar-refractivity contribution in [1.29, 1.82) is 0 Å². The molecule has 0 heterocycles. The van der Waals surface area contributed by atoms with E-state index in [4.69, 9.17) is 5.11 Å². The van der Waals surface area contributed by atoms with E-state index in [2.05, 4.69) is 0 Å². The van der Waals surface area contributed by atoms with Gasteiger partial charge in [-0.25, -0.2) is 4.79 Å². The number of carboxylic acid groups (broad SMARTS) is 1. The summed E-state index contributed by atoms with van der Waals surface area (Å²) in [5.41, 5.74) is 0.359. The SMILES string of the molecule is O=C(O)c1cccc2ccccc12.[H-].[H-].[Na+].[Na+]. The van der Waals surface area contributed by atoms with Crippen LogP contribution in [0.1, 0.15) is 13.2 Å². The van der Waals surface area contributed by atoms with E-state index in [9.17, 15) is 4.79 Å². The summed E-state index contributed by atoms with van der Waals surface area (Å²) in [6, 6.07) is 12.7. The summed E-state index contributed by atoms with van der Waals surface area (Å²) in [5, 5.41) is 10.6. The number of rotatable bonds is 1. The first-order valence-corrected chi connectivity index (χ1v) is 4.00. The van der Waals surface area contributed by atoms with Crippen molar-refractivity contribution < 1.29 is 71.9 Å². The molecule has 2 rings (SSSR count). The Morgan fingerprint density at radius 2 is 1.60 bits per heavy atom. The van der Waals surface area contributed by atoms with Crippen LogP contribution in [0.15, 0.2) is 42.5 Å². The van der Waals surface area contributed by atoms with Crippen LogP contribution in [0, 0.1) is 0 Å². The van der Waals surface area contributed by atoms with E-state index < -0.39 is 5.97 Å². The molecule has 0 unspecified atom stereocenters. The summed E-state index contributed by atoms with van der Waals surface area (Å²) < 4.78 is 0. The molecule has 15 heavy (non-hydrogen) atoms. The van der Waals surface area contributed by atoms with Crippen LogP contribution in [0.2, 0.25) is 0 Å². The molecular formula is C11H10Na2O2. The van der Waals surface area contributed by atoms with Gasteiger partial charge >= 0.3 is 65.1 Å². The maximum Gasteiger partial charge on any atom is 1.00 e. The van der Waals surface area contributed by atoms with Crippen LogP contribution in [0.4, 0.5) is 0 Å². The summed E-state index contributed by atoms with van der Waals surface area (Å²) in [6.45, 7) is 0. The smallest absolute Gasteiger partial charge is 1.00 e. The van der Waals surface area contributed by atoms with E-state index in [1.54, 1.807) is 12.1 Å². The summed E-state index contributed by atoms with van der Waals surface area (Å²) in [4.78, 5) is 10.8. The molecule has 2 nitrogen and oxygen atoms in total. The normalized spacial score (nSPS) is 8.80. The summed E-state index contributed by atoms with van der Waals surface area (Å²) in [5.74, 6) is -0.878. The average molecular weight is 220 g/mol. The monoisotopic (exact) mass is 220 g/mol. The summed E-state index contributed by atoms with van der Waals surface area (Å²) in [7, 11) is 0. The van der Waals surface area contributed by atoms with Gasteiger partial charge in [0.1, 0.15) is 0 Å². The maximum atomic E-state index is 10.8. The number of carbonyl (C=O) groups is 1. The van der Waals surface area contributed by atoms with Gasteiger partial charge < -0.3 is 7.96 Å². The zero-order valence-electron chi connectivity index (χ0n) is 10.9. The molecule has 0 aromatic heterocycles. The molecule has 0 aliphatic carbocycles. The summed E-state index contributed by atoms with van der Waals surface area (Å²) in [6.07, 6.45) is 0. The average Bonchev–Trinajstić information content (AvgIpc) is 2.17. The van der Waals surface area contributed by atoms with Gasteiger partial charge in [-0.3, -0.25) is 0 Å². The molecule has 68 valence electrons. The molecule has 0 aliphatic heterocycles. The largest absolute Gasteiger partial charge is 1.00 e. The van der Waals surface area contributed by atoms with E-state index >= 15 is 0 Å². The van der Waals surface area contributed by atoms with Crippen molar-refractivity contribution in [3.8, 4) is 0 Å². The van der Waals surface area contributed by atoms with Gasteiger partial charge in [0.25, 0.3) is 0 Å². The van der Waals surface area contributed by atoms with Crippen LogP contribution < -0.4 is 59.1 Å². The van der Waals surface area contributed by atoms with Crippen LogP contribution in [-0.4, -0.2) is 11.1 Å². The molecule has 0 bridgehead atoms. The van der Waals surface area contributed by atoms with Gasteiger partial charge in [0.05, 0.1) is 5.56 Å². The Labute approximate surface area is 135 Å². The third-order valence-corrected chi connectivity index (χ3v) is 2.02. The molecule has 2 aromatic carbocycles. The maximum absolute atomic E-state index is 10.8. The Hall–Kier alpha value is 0.170. The Morgan fingerprint density at radius 3 is 2.27 bits per heavy atom. The first kappa shape index (κ1) is 15.2. The predicted molar refractivity (Wildman–Crippen MR) is 53.1 cm³/mol. The Balaban J connectivity index is -0.000000490. The molecule has 0 fully saturated rings. The van der Waals surface area contributed by atoms with Crippen LogP contribution in [0.5, 0.6) is 0 Å². The third-order valence-electron chi connectivity index (χ3n) is 2.02. The fraction of sp³-hybridized carbons (Fsp3) is 0. The second kappa shape index (κ2) is 6.69. The second-order valence-electron chi connectivity index (χ2n) is 2.83. The zero-order valence-corrected chi connectivity index (χ0v) is 12.9. The molecule has 0 radical (unpaired) electrons. The molecule has 4 heteroatoms. The van der Waals surface area contributed by atoms with Gasteiger partial charge in [0.2, 0.25) is 0 Å². The molecule has 0 saturated heterocycles. The number of hydrogen-bond acceptors (Lipinski definition) is 1. The van der Waals surface area contributed by atoms with Gasteiger partial charge in [-0.1, -0.05) is 36.4 Å². The molecule has 0 amide bonds. The first-order valence-electron chi connectivity index (χ1n) is 4.00. The van der Waals surface area contributed by atoms with Gasteiger partial charge in [-0.05, 0) is 16.8 Å². The Morgan fingerprint density at radius 1 is 1.00 bits per heavy atom. The van der Waals surface area contributed by atoms with Crippen molar-refractivity contribution in [3.63, 3.8) is 0 Å². The fourth-order valence-electron chi connectivity index (χ4n) is 1.41. The third kappa shape index (κ3) is 3.31. The van der Waals surface area contributed by atoms with Gasteiger partial charge in [0, 0.05) is 0 Å². The van der Waals surface area contributed by atoms with Crippen LogP contribution in [0.25, 0.3) is 10.8 Å². The van der Waals surface area contributed by atoms with Gasteiger partial charge in [-0.15, -0.1) is 0 Å². The predicted octanol–water partition coefficient (Wildman–Crippen LogP) is -3.23. The number of hydrogen-bond donors (Lipinski definition) is 1. The van der Waals surface area contributed by atoms with Crippen molar-refractivity contribution in [2.24, 2.45) is 0 Å². The molecule has 0 atom stereocenters. The van der Waals surface area contributed by atoms with Crippen molar-refractivity contribution >= 4 is 16.7 Å². The molecule has 1 N–H and O–H groups in total. The Bertz CT molecular complexity index is 472. The number of fused-ring (bicyclic) bond motifs is 1. The van der Waals surface area contributed by atoms with E-state index in [-0.39, 0.29) is 62.0 Å². The summed E-state index contributed by atoms with van der Waals surface area (Å²) >= 11 is 0. The fourth-order valence-corrected chi connectivity index (χ4v) is 1.41. The number of aromatic carboxylic acids is 1. The molecular weight excluding hydrogens is 210 g/mol. The zero-order chi connectivity index (χ0) is 9.26. The number of benzene rings is 2. The topological polar surface area (TPSA) is 37.3 Å². The quantitative estimate of drug-likeness (QED) is 0.513. The second-order valence-corrected chi connectivity index (χ2v) is 2.83. The van der Waals surface area contributed by atoms with Crippen molar-refractivity contribution in [1.82, 2.24) is 0 Å². The molecule has 0 saturated carbocycles. The van der Waals surface area contributed by atoms with E-state index in [1.165, 1.54) is 0 Å². The number of carboxylic acids is 1. The van der Waals surface area contributed by atoms with Crippen molar-refractivity contribution in [2.75, 3.05) is 0 Å². The minimum absolute atomic E-state index is 0. The van der Waals surface area contributed by atoms with E-state index in [0.717, 1.165) is 10.8 Å². The molecule has 0 spiro atoms. The van der Waals surface area contributed by atoms with Gasteiger partial charge in [-0.2, -0.15) is 0 Å². The molecule has 2 aromatic rings. The van der Waals surface area contributed by atoms with Crippen molar-refractivity contribution in [3.05, 3.63) is 48.0 Å². The Kier molecular flexibility index (Phi) is 6.76. The minimum atomic E-state index is -0.878. The minimum Gasteiger partial charge on any atom is -1.00 e.